The highest BCUT2D eigenvalue weighted by atomic mass is 16.7. The fourth-order valence-corrected chi connectivity index (χ4v) is 6.16. The molecule has 1 amide bonds. The summed E-state index contributed by atoms with van der Waals surface area (Å²) in [6.07, 6.45) is 22.1. The first-order valence-electron chi connectivity index (χ1n) is 20.4. The van der Waals surface area contributed by atoms with Crippen molar-refractivity contribution in [3.05, 3.63) is 36.5 Å². The van der Waals surface area contributed by atoms with Gasteiger partial charge in [-0.1, -0.05) is 115 Å². The molecule has 1 saturated heterocycles. The Balaban J connectivity index is 2.56. The van der Waals surface area contributed by atoms with Gasteiger partial charge in [0.2, 0.25) is 5.91 Å². The summed E-state index contributed by atoms with van der Waals surface area (Å²) < 4.78 is 11.0. The summed E-state index contributed by atoms with van der Waals surface area (Å²) in [5.74, 6) is -0.724. The second kappa shape index (κ2) is 31.7. The molecule has 304 valence electrons. The molecule has 52 heavy (non-hydrogen) atoms. The first-order valence-corrected chi connectivity index (χ1v) is 20.4. The number of nitrogens with one attached hydrogen (secondary N) is 1. The molecule has 0 spiro atoms. The maximum absolute atomic E-state index is 13.0. The minimum atomic E-state index is -1.67. The maximum Gasteiger partial charge on any atom is 0.249 e. The third-order valence-corrected chi connectivity index (χ3v) is 9.62. The highest BCUT2D eigenvalue weighted by Gasteiger charge is 2.44. The molecule has 0 radical (unpaired) electrons. The van der Waals surface area contributed by atoms with E-state index in [0.717, 1.165) is 57.8 Å². The van der Waals surface area contributed by atoms with Gasteiger partial charge in [-0.3, -0.25) is 4.79 Å². The zero-order chi connectivity index (χ0) is 38.4. The fourth-order valence-electron chi connectivity index (χ4n) is 6.16. The molecule has 0 bridgehead atoms. The Kier molecular flexibility index (Phi) is 29.4. The van der Waals surface area contributed by atoms with Crippen molar-refractivity contribution >= 4 is 5.91 Å². The van der Waals surface area contributed by atoms with Gasteiger partial charge in [0.05, 0.1) is 25.4 Å². The minimum Gasteiger partial charge on any atom is -0.394 e. The van der Waals surface area contributed by atoms with Crippen LogP contribution >= 0.6 is 0 Å². The van der Waals surface area contributed by atoms with E-state index < -0.39 is 74.2 Å². The molecule has 8 N–H and O–H groups in total. The summed E-state index contributed by atoms with van der Waals surface area (Å²) in [4.78, 5) is 13.0. The second-order valence-corrected chi connectivity index (χ2v) is 14.3. The number of carbonyl (C=O) groups is 1. The van der Waals surface area contributed by atoms with Gasteiger partial charge in [0.1, 0.15) is 36.6 Å². The first kappa shape index (κ1) is 48.3. The quantitative estimate of drug-likeness (QED) is 0.0333. The van der Waals surface area contributed by atoms with Crippen LogP contribution in [0.2, 0.25) is 0 Å². The van der Waals surface area contributed by atoms with Gasteiger partial charge in [0.25, 0.3) is 0 Å². The molecule has 11 nitrogen and oxygen atoms in total. The lowest BCUT2D eigenvalue weighted by molar-refractivity contribution is -0.303. The maximum atomic E-state index is 13.0. The van der Waals surface area contributed by atoms with Gasteiger partial charge < -0.3 is 50.5 Å². The van der Waals surface area contributed by atoms with E-state index in [9.17, 15) is 40.5 Å². The van der Waals surface area contributed by atoms with Gasteiger partial charge in [-0.05, 0) is 70.6 Å². The number of ether oxygens (including phenoxy) is 2. The van der Waals surface area contributed by atoms with Crippen LogP contribution in [0.25, 0.3) is 0 Å². The molecule has 0 aliphatic carbocycles. The van der Waals surface area contributed by atoms with E-state index in [2.05, 4.69) is 49.5 Å². The van der Waals surface area contributed by atoms with Crippen molar-refractivity contribution in [1.29, 1.82) is 0 Å². The van der Waals surface area contributed by atoms with Gasteiger partial charge >= 0.3 is 0 Å². The molecular formula is C41H75NO10. The van der Waals surface area contributed by atoms with Crippen molar-refractivity contribution < 1.29 is 50.0 Å². The van der Waals surface area contributed by atoms with Crippen molar-refractivity contribution in [2.45, 2.75) is 204 Å². The lowest BCUT2D eigenvalue weighted by atomic mass is 9.98. The van der Waals surface area contributed by atoms with Crippen LogP contribution in [0.4, 0.5) is 0 Å². The molecule has 0 aromatic rings. The predicted octanol–water partition coefficient (Wildman–Crippen LogP) is 5.27. The van der Waals surface area contributed by atoms with Crippen LogP contribution in [0.5, 0.6) is 0 Å². The molecule has 0 aromatic heterocycles. The van der Waals surface area contributed by atoms with E-state index in [-0.39, 0.29) is 12.8 Å². The number of amides is 1. The number of aliphatic hydroxyl groups is 7. The highest BCUT2D eigenvalue weighted by Crippen LogP contribution is 2.23. The number of allylic oxidation sites excluding steroid dienone is 6. The Morgan fingerprint density at radius 2 is 1.19 bits per heavy atom. The molecule has 1 heterocycles. The number of aliphatic hydroxyl groups excluding tert-OH is 7. The number of carbonyl (C=O) groups excluding carboxylic acids is 1. The average molecular weight is 742 g/mol. The lowest BCUT2D eigenvalue weighted by Gasteiger charge is -2.40. The van der Waals surface area contributed by atoms with Crippen molar-refractivity contribution in [2.75, 3.05) is 13.2 Å². The smallest absolute Gasteiger partial charge is 0.249 e. The fraction of sp³-hybridized carbons (Fsp3) is 0.829. The molecule has 1 fully saturated rings. The molecule has 0 aromatic carbocycles. The standard InChI is InChI=1S/C41H75NO10/c1-3-5-7-9-11-13-15-16-17-18-19-21-23-25-27-29-34(45)40(50)42-32(31-51-41-39(49)38(48)37(47)35(30-43)52-41)36(46)33(44)28-26-24-22-20-14-12-10-8-6-4-2/h8,10,17-18,20,22,32-39,41,43-49H,3-7,9,11-16,19,21,23-31H2,1-2H3,(H,42,50)/b10-8+,18-17-,22-20+. The molecule has 0 saturated carbocycles. The lowest BCUT2D eigenvalue weighted by Crippen LogP contribution is -2.60. The number of hydrogen-bond acceptors (Lipinski definition) is 10. The Labute approximate surface area is 314 Å². The molecule has 1 aliphatic heterocycles. The van der Waals surface area contributed by atoms with Crippen LogP contribution < -0.4 is 5.32 Å². The van der Waals surface area contributed by atoms with Crippen molar-refractivity contribution in [3.8, 4) is 0 Å². The minimum absolute atomic E-state index is 0.236. The predicted molar refractivity (Wildman–Crippen MR) is 205 cm³/mol. The topological polar surface area (TPSA) is 189 Å². The number of hydrogen-bond donors (Lipinski definition) is 8. The van der Waals surface area contributed by atoms with E-state index in [1.807, 2.05) is 6.08 Å². The Hall–Kier alpha value is -1.67. The molecule has 9 atom stereocenters. The summed E-state index contributed by atoms with van der Waals surface area (Å²) >= 11 is 0. The summed E-state index contributed by atoms with van der Waals surface area (Å²) in [6, 6.07) is -1.19. The van der Waals surface area contributed by atoms with Crippen LogP contribution in [-0.2, 0) is 14.3 Å². The number of unbranched alkanes of at least 4 members (excludes halogenated alkanes) is 14. The molecule has 11 heteroatoms. The van der Waals surface area contributed by atoms with Gasteiger partial charge in [0, 0.05) is 0 Å². The van der Waals surface area contributed by atoms with E-state index in [0.29, 0.717) is 19.3 Å². The van der Waals surface area contributed by atoms with Gasteiger partial charge in [-0.2, -0.15) is 0 Å². The SMILES string of the molecule is CCC/C=C/CC/C=C/CCCC(O)C(O)C(COC1OC(CO)C(O)C(O)C1O)NC(=O)C(O)CCCCCC/C=C\CCCCCCCCC. The van der Waals surface area contributed by atoms with E-state index >= 15 is 0 Å². The summed E-state index contributed by atoms with van der Waals surface area (Å²) in [7, 11) is 0. The zero-order valence-corrected chi connectivity index (χ0v) is 32.3. The van der Waals surface area contributed by atoms with Crippen LogP contribution in [0, 0.1) is 0 Å². The number of rotatable bonds is 32. The normalized spacial score (nSPS) is 23.4. The largest absolute Gasteiger partial charge is 0.394 e. The van der Waals surface area contributed by atoms with Crippen molar-refractivity contribution in [1.82, 2.24) is 5.32 Å². The monoisotopic (exact) mass is 742 g/mol. The van der Waals surface area contributed by atoms with Gasteiger partial charge in [-0.25, -0.2) is 0 Å². The molecule has 9 unspecified atom stereocenters. The summed E-state index contributed by atoms with van der Waals surface area (Å²) in [5, 5.41) is 75.2. The molecular weight excluding hydrogens is 666 g/mol. The average Bonchev–Trinajstić information content (AvgIpc) is 3.14. The van der Waals surface area contributed by atoms with Crippen LogP contribution in [0.1, 0.15) is 149 Å². The third-order valence-electron chi connectivity index (χ3n) is 9.62. The Morgan fingerprint density at radius 3 is 1.79 bits per heavy atom. The van der Waals surface area contributed by atoms with Crippen LogP contribution in [0.15, 0.2) is 36.5 Å². The zero-order valence-electron chi connectivity index (χ0n) is 32.3. The first-order chi connectivity index (χ1) is 25.2. The van der Waals surface area contributed by atoms with Crippen molar-refractivity contribution in [3.63, 3.8) is 0 Å². The van der Waals surface area contributed by atoms with Gasteiger partial charge in [-0.15, -0.1) is 0 Å². The molecule has 1 rings (SSSR count). The van der Waals surface area contributed by atoms with Crippen LogP contribution in [-0.4, -0.2) is 110 Å². The highest BCUT2D eigenvalue weighted by molar-refractivity contribution is 5.80. The van der Waals surface area contributed by atoms with Gasteiger partial charge in [0.15, 0.2) is 6.29 Å². The summed E-state index contributed by atoms with van der Waals surface area (Å²) in [6.45, 7) is 3.29. The Morgan fingerprint density at radius 1 is 0.654 bits per heavy atom. The second-order valence-electron chi connectivity index (χ2n) is 14.3. The van der Waals surface area contributed by atoms with E-state index in [1.54, 1.807) is 0 Å². The van der Waals surface area contributed by atoms with Crippen LogP contribution in [0.3, 0.4) is 0 Å². The third kappa shape index (κ3) is 21.9. The van der Waals surface area contributed by atoms with E-state index in [4.69, 9.17) is 9.47 Å². The Bertz CT molecular complexity index is 945. The van der Waals surface area contributed by atoms with E-state index in [1.165, 1.54) is 44.9 Å². The summed E-state index contributed by atoms with van der Waals surface area (Å²) in [5.41, 5.74) is 0. The molecule has 1 aliphatic rings. The van der Waals surface area contributed by atoms with Crippen molar-refractivity contribution in [2.24, 2.45) is 0 Å².